The summed E-state index contributed by atoms with van der Waals surface area (Å²) in [6, 6.07) is 14.7. The number of hydrogen-bond donors (Lipinski definition) is 3. The summed E-state index contributed by atoms with van der Waals surface area (Å²) in [7, 11) is 0. The maximum absolute atomic E-state index is 12.5. The van der Waals surface area contributed by atoms with E-state index in [9.17, 15) is 9.59 Å². The Morgan fingerprint density at radius 2 is 1.91 bits per heavy atom. The van der Waals surface area contributed by atoms with Gasteiger partial charge in [-0.05, 0) is 42.5 Å². The Kier molecular flexibility index (Phi) is 6.37. The average molecular weight is 459 g/mol. The van der Waals surface area contributed by atoms with Crippen molar-refractivity contribution in [2.75, 3.05) is 44.7 Å². The minimum atomic E-state index is -0.154. The zero-order valence-electron chi connectivity index (χ0n) is 18.7. The molecule has 3 N–H and O–H groups in total. The van der Waals surface area contributed by atoms with Crippen LogP contribution in [-0.4, -0.2) is 64.6 Å². The van der Waals surface area contributed by atoms with Gasteiger partial charge < -0.3 is 20.4 Å². The number of hydrogen-bond acceptors (Lipinski definition) is 6. The van der Waals surface area contributed by atoms with Crippen LogP contribution in [0.2, 0.25) is 0 Å². The van der Waals surface area contributed by atoms with Gasteiger partial charge in [0.05, 0.1) is 24.6 Å². The molecule has 0 atom stereocenters. The molecule has 0 aliphatic carbocycles. The maximum Gasteiger partial charge on any atom is 0.251 e. The monoisotopic (exact) mass is 458 g/mol. The number of nitrogens with one attached hydrogen (secondary N) is 3. The standard InChI is InChI=1S/C25H26N6O3/c32-23-17-19(7-8-26-23)22-6-5-21(24-27-10-12-31(22)24)29-20-3-1-18(2-4-20)25(33)28-9-11-30-13-15-34-16-14-30/h1-8,10,12,17,29H,9,11,13-16H2,(H,26,32)(H,28,33). The van der Waals surface area contributed by atoms with Crippen LogP contribution in [0.1, 0.15) is 10.4 Å². The number of carbonyl (C=O) groups is 1. The second kappa shape index (κ2) is 9.90. The first-order chi connectivity index (χ1) is 16.7. The fraction of sp³-hybridized carbons (Fsp3) is 0.240. The zero-order chi connectivity index (χ0) is 23.3. The maximum atomic E-state index is 12.5. The normalized spacial score (nSPS) is 14.2. The van der Waals surface area contributed by atoms with Crippen molar-refractivity contribution < 1.29 is 9.53 Å². The number of carbonyl (C=O) groups excluding carboxylic acids is 1. The highest BCUT2D eigenvalue weighted by atomic mass is 16.5. The number of anilines is 2. The molecule has 0 unspecified atom stereocenters. The van der Waals surface area contributed by atoms with Gasteiger partial charge in [-0.2, -0.15) is 0 Å². The Morgan fingerprint density at radius 3 is 2.71 bits per heavy atom. The number of rotatable bonds is 7. The molecule has 3 aromatic heterocycles. The zero-order valence-corrected chi connectivity index (χ0v) is 18.7. The summed E-state index contributed by atoms with van der Waals surface area (Å²) in [4.78, 5) is 33.6. The Balaban J connectivity index is 1.25. The molecule has 1 aromatic carbocycles. The molecular weight excluding hydrogens is 432 g/mol. The van der Waals surface area contributed by atoms with Gasteiger partial charge in [0.2, 0.25) is 5.56 Å². The minimum absolute atomic E-state index is 0.0855. The molecule has 1 aliphatic rings. The number of pyridine rings is 2. The summed E-state index contributed by atoms with van der Waals surface area (Å²) in [6.07, 6.45) is 5.22. The lowest BCUT2D eigenvalue weighted by Gasteiger charge is -2.26. The fourth-order valence-corrected chi connectivity index (χ4v) is 4.07. The van der Waals surface area contributed by atoms with Crippen LogP contribution < -0.4 is 16.2 Å². The van der Waals surface area contributed by atoms with Gasteiger partial charge in [-0.15, -0.1) is 0 Å². The number of ether oxygens (including phenoxy) is 1. The molecule has 34 heavy (non-hydrogen) atoms. The van der Waals surface area contributed by atoms with Gasteiger partial charge in [0.25, 0.3) is 5.91 Å². The first-order valence-corrected chi connectivity index (χ1v) is 11.3. The van der Waals surface area contributed by atoms with Gasteiger partial charge in [0, 0.05) is 67.7 Å². The van der Waals surface area contributed by atoms with E-state index in [-0.39, 0.29) is 11.5 Å². The minimum Gasteiger partial charge on any atom is -0.379 e. The predicted octanol–water partition coefficient (Wildman–Crippen LogP) is 2.50. The molecule has 1 fully saturated rings. The lowest BCUT2D eigenvalue weighted by atomic mass is 10.1. The number of aromatic nitrogens is 3. The van der Waals surface area contributed by atoms with E-state index >= 15 is 0 Å². The van der Waals surface area contributed by atoms with Crippen molar-refractivity contribution in [3.8, 4) is 11.3 Å². The third kappa shape index (κ3) is 4.85. The molecule has 4 heterocycles. The number of imidazole rings is 1. The van der Waals surface area contributed by atoms with Gasteiger partial charge in [0.1, 0.15) is 0 Å². The van der Waals surface area contributed by atoms with Crippen molar-refractivity contribution in [3.63, 3.8) is 0 Å². The second-order valence-electron chi connectivity index (χ2n) is 8.11. The second-order valence-corrected chi connectivity index (χ2v) is 8.11. The molecule has 0 spiro atoms. The summed E-state index contributed by atoms with van der Waals surface area (Å²) >= 11 is 0. The lowest BCUT2D eigenvalue weighted by molar-refractivity contribution is 0.0383. The molecular formula is C25H26N6O3. The van der Waals surface area contributed by atoms with Crippen molar-refractivity contribution in [1.82, 2.24) is 24.6 Å². The van der Waals surface area contributed by atoms with Crippen molar-refractivity contribution in [3.05, 3.63) is 83.0 Å². The van der Waals surface area contributed by atoms with E-state index < -0.39 is 0 Å². The van der Waals surface area contributed by atoms with Crippen LogP contribution in [0, 0.1) is 0 Å². The summed E-state index contributed by atoms with van der Waals surface area (Å²) in [5.74, 6) is -0.0855. The number of aromatic amines is 1. The van der Waals surface area contributed by atoms with Gasteiger partial charge in [-0.1, -0.05) is 0 Å². The van der Waals surface area contributed by atoms with Gasteiger partial charge in [-0.3, -0.25) is 18.9 Å². The van der Waals surface area contributed by atoms with Gasteiger partial charge in [0.15, 0.2) is 5.65 Å². The number of morpholine rings is 1. The molecule has 0 radical (unpaired) electrons. The molecule has 1 amide bonds. The first kappa shape index (κ1) is 21.9. The highest BCUT2D eigenvalue weighted by molar-refractivity contribution is 5.94. The topological polar surface area (TPSA) is 104 Å². The molecule has 9 heteroatoms. The lowest BCUT2D eigenvalue weighted by Crippen LogP contribution is -2.41. The Morgan fingerprint density at radius 1 is 1.09 bits per heavy atom. The molecule has 0 saturated carbocycles. The average Bonchev–Trinajstić information content (AvgIpc) is 3.36. The quantitative estimate of drug-likeness (QED) is 0.393. The van der Waals surface area contributed by atoms with E-state index in [0.29, 0.717) is 12.1 Å². The number of nitrogens with zero attached hydrogens (tertiary/aromatic N) is 3. The van der Waals surface area contributed by atoms with Gasteiger partial charge in [-0.25, -0.2) is 4.98 Å². The van der Waals surface area contributed by atoms with E-state index in [4.69, 9.17) is 4.74 Å². The Labute approximate surface area is 196 Å². The third-order valence-corrected chi connectivity index (χ3v) is 5.86. The Hall–Kier alpha value is -3.95. The summed E-state index contributed by atoms with van der Waals surface area (Å²) < 4.78 is 7.28. The van der Waals surface area contributed by atoms with Crippen LogP contribution in [0.4, 0.5) is 11.4 Å². The fourth-order valence-electron chi connectivity index (χ4n) is 4.07. The molecule has 0 bridgehead atoms. The molecule has 1 aliphatic heterocycles. The number of fused-ring (bicyclic) bond motifs is 1. The third-order valence-electron chi connectivity index (χ3n) is 5.86. The largest absolute Gasteiger partial charge is 0.379 e. The van der Waals surface area contributed by atoms with Crippen LogP contribution in [0.25, 0.3) is 16.9 Å². The molecule has 174 valence electrons. The van der Waals surface area contributed by atoms with Gasteiger partial charge >= 0.3 is 0 Å². The number of benzene rings is 1. The summed E-state index contributed by atoms with van der Waals surface area (Å²) in [6.45, 7) is 4.75. The van der Waals surface area contributed by atoms with Crippen LogP contribution in [-0.2, 0) is 4.74 Å². The summed E-state index contributed by atoms with van der Waals surface area (Å²) in [5, 5.41) is 6.36. The van der Waals surface area contributed by atoms with E-state index in [1.54, 1.807) is 30.6 Å². The van der Waals surface area contributed by atoms with Crippen molar-refractivity contribution >= 4 is 22.9 Å². The SMILES string of the molecule is O=C(NCCN1CCOCC1)c1ccc(Nc2ccc(-c3cc[nH]c(=O)c3)n3ccnc23)cc1. The van der Waals surface area contributed by atoms with Crippen molar-refractivity contribution in [2.45, 2.75) is 0 Å². The number of amides is 1. The van der Waals surface area contributed by atoms with E-state index in [0.717, 1.165) is 61.1 Å². The summed E-state index contributed by atoms with van der Waals surface area (Å²) in [5.41, 5.74) is 4.54. The van der Waals surface area contributed by atoms with Crippen molar-refractivity contribution in [1.29, 1.82) is 0 Å². The van der Waals surface area contributed by atoms with Crippen LogP contribution in [0.3, 0.4) is 0 Å². The highest BCUT2D eigenvalue weighted by Crippen LogP contribution is 2.27. The molecule has 5 rings (SSSR count). The molecule has 4 aromatic rings. The highest BCUT2D eigenvalue weighted by Gasteiger charge is 2.12. The van der Waals surface area contributed by atoms with E-state index in [1.807, 2.05) is 40.9 Å². The number of H-pyrrole nitrogens is 1. The Bertz CT molecular complexity index is 1340. The first-order valence-electron chi connectivity index (χ1n) is 11.3. The predicted molar refractivity (Wildman–Crippen MR) is 131 cm³/mol. The smallest absolute Gasteiger partial charge is 0.251 e. The van der Waals surface area contributed by atoms with E-state index in [1.165, 1.54) is 0 Å². The van der Waals surface area contributed by atoms with Crippen LogP contribution in [0.15, 0.2) is 71.9 Å². The van der Waals surface area contributed by atoms with Crippen LogP contribution >= 0.6 is 0 Å². The molecule has 9 nitrogen and oxygen atoms in total. The molecule has 1 saturated heterocycles. The van der Waals surface area contributed by atoms with E-state index in [2.05, 4.69) is 25.5 Å². The van der Waals surface area contributed by atoms with Crippen molar-refractivity contribution in [2.24, 2.45) is 0 Å². The van der Waals surface area contributed by atoms with Crippen LogP contribution in [0.5, 0.6) is 0 Å².